The van der Waals surface area contributed by atoms with E-state index in [1.165, 1.54) is 5.69 Å². The van der Waals surface area contributed by atoms with Gasteiger partial charge in [-0.15, -0.1) is 0 Å². The van der Waals surface area contributed by atoms with Crippen LogP contribution in [-0.2, 0) is 4.79 Å². The molecule has 1 aromatic rings. The molecule has 0 aliphatic carbocycles. The minimum Gasteiger partial charge on any atom is -0.389 e. The van der Waals surface area contributed by atoms with Gasteiger partial charge < -0.3 is 15.3 Å². The molecule has 3 atom stereocenters. The Labute approximate surface area is 119 Å². The maximum Gasteiger partial charge on any atom is 0.220 e. The molecule has 0 radical (unpaired) electrons. The molecule has 3 unspecified atom stereocenters. The molecule has 2 aliphatic rings. The van der Waals surface area contributed by atoms with Crippen LogP contribution in [0.4, 0.5) is 5.69 Å². The molecule has 108 valence electrons. The lowest BCUT2D eigenvalue weighted by Gasteiger charge is -2.42. The number of aliphatic hydroxyl groups is 1. The fourth-order valence-electron chi connectivity index (χ4n) is 3.31. The van der Waals surface area contributed by atoms with Gasteiger partial charge in [-0.2, -0.15) is 0 Å². The fourth-order valence-corrected chi connectivity index (χ4v) is 3.31. The zero-order chi connectivity index (χ0) is 14.1. The van der Waals surface area contributed by atoms with Gasteiger partial charge in [0, 0.05) is 31.2 Å². The van der Waals surface area contributed by atoms with Gasteiger partial charge in [0.05, 0.1) is 6.10 Å². The number of nitrogens with one attached hydrogen (secondary N) is 1. The molecule has 20 heavy (non-hydrogen) atoms. The molecule has 2 N–H and O–H groups in total. The molecule has 0 aromatic heterocycles. The van der Waals surface area contributed by atoms with Crippen LogP contribution in [0.5, 0.6) is 0 Å². The summed E-state index contributed by atoms with van der Waals surface area (Å²) in [5, 5.41) is 12.7. The summed E-state index contributed by atoms with van der Waals surface area (Å²) in [5.74, 6) is 0.777. The Hall–Kier alpha value is -1.55. The molecule has 0 bridgehead atoms. The third-order valence-electron chi connectivity index (χ3n) is 4.56. The van der Waals surface area contributed by atoms with E-state index in [0.29, 0.717) is 18.4 Å². The fraction of sp³-hybridized carbons (Fsp3) is 0.562. The Morgan fingerprint density at radius 2 is 2.05 bits per heavy atom. The van der Waals surface area contributed by atoms with Crippen molar-refractivity contribution in [2.45, 2.75) is 38.3 Å². The van der Waals surface area contributed by atoms with Crippen molar-refractivity contribution in [2.75, 3.05) is 18.0 Å². The van der Waals surface area contributed by atoms with E-state index in [1.807, 2.05) is 12.1 Å². The number of benzene rings is 1. The van der Waals surface area contributed by atoms with Crippen LogP contribution in [-0.4, -0.2) is 30.1 Å². The normalized spacial score (nSPS) is 27.7. The first-order chi connectivity index (χ1) is 9.63. The second-order valence-corrected chi connectivity index (χ2v) is 5.97. The highest BCUT2D eigenvalue weighted by Gasteiger charge is 2.33. The monoisotopic (exact) mass is 274 g/mol. The zero-order valence-corrected chi connectivity index (χ0v) is 11.9. The summed E-state index contributed by atoms with van der Waals surface area (Å²) < 4.78 is 0. The number of hydrogen-bond donors (Lipinski definition) is 2. The quantitative estimate of drug-likeness (QED) is 0.865. The van der Waals surface area contributed by atoms with E-state index in [-0.39, 0.29) is 5.91 Å². The first-order valence-corrected chi connectivity index (χ1v) is 7.46. The third kappa shape index (κ3) is 2.66. The molecule has 4 heteroatoms. The Bertz CT molecular complexity index is 484. The average molecular weight is 274 g/mol. The van der Waals surface area contributed by atoms with Gasteiger partial charge in [-0.1, -0.05) is 12.1 Å². The van der Waals surface area contributed by atoms with Crippen LogP contribution in [0.3, 0.4) is 0 Å². The number of amides is 1. The van der Waals surface area contributed by atoms with Crippen LogP contribution in [0.25, 0.3) is 0 Å². The van der Waals surface area contributed by atoms with E-state index in [4.69, 9.17) is 0 Å². The van der Waals surface area contributed by atoms with Crippen LogP contribution in [0.15, 0.2) is 24.3 Å². The minimum atomic E-state index is -0.414. The Morgan fingerprint density at radius 1 is 1.30 bits per heavy atom. The predicted octanol–water partition coefficient (Wildman–Crippen LogP) is 1.84. The first-order valence-electron chi connectivity index (χ1n) is 7.46. The zero-order valence-electron chi connectivity index (χ0n) is 11.9. The number of rotatable bonds is 2. The summed E-state index contributed by atoms with van der Waals surface area (Å²) in [4.78, 5) is 13.8. The van der Waals surface area contributed by atoms with Gasteiger partial charge >= 0.3 is 0 Å². The van der Waals surface area contributed by atoms with E-state index in [9.17, 15) is 9.90 Å². The summed E-state index contributed by atoms with van der Waals surface area (Å²) in [6.45, 7) is 3.78. The predicted molar refractivity (Wildman–Crippen MR) is 78.6 cm³/mol. The molecule has 2 fully saturated rings. The maximum absolute atomic E-state index is 11.4. The summed E-state index contributed by atoms with van der Waals surface area (Å²) >= 11 is 0. The van der Waals surface area contributed by atoms with E-state index in [1.54, 1.807) is 6.92 Å². The summed E-state index contributed by atoms with van der Waals surface area (Å²) in [7, 11) is 0. The minimum absolute atomic E-state index is 0.209. The Morgan fingerprint density at radius 3 is 2.75 bits per heavy atom. The molecule has 3 rings (SSSR count). The number of carbonyl (C=O) groups is 1. The number of carbonyl (C=O) groups excluding carboxylic acids is 1. The lowest BCUT2D eigenvalue weighted by Crippen LogP contribution is -2.54. The van der Waals surface area contributed by atoms with Crippen LogP contribution < -0.4 is 10.2 Å². The number of piperidine rings is 2. The Balaban J connectivity index is 1.68. The molecule has 2 saturated heterocycles. The molecule has 2 heterocycles. The summed E-state index contributed by atoms with van der Waals surface area (Å²) in [6, 6.07) is 8.53. The molecule has 1 aromatic carbocycles. The van der Waals surface area contributed by atoms with Gasteiger partial charge in [0.1, 0.15) is 0 Å². The van der Waals surface area contributed by atoms with Crippen molar-refractivity contribution < 1.29 is 9.90 Å². The van der Waals surface area contributed by atoms with Crippen LogP contribution >= 0.6 is 0 Å². The van der Waals surface area contributed by atoms with Gasteiger partial charge in [-0.3, -0.25) is 4.79 Å². The van der Waals surface area contributed by atoms with Crippen molar-refractivity contribution in [1.29, 1.82) is 0 Å². The van der Waals surface area contributed by atoms with E-state index >= 15 is 0 Å². The van der Waals surface area contributed by atoms with Crippen LogP contribution in [0.2, 0.25) is 0 Å². The van der Waals surface area contributed by atoms with Crippen molar-refractivity contribution in [3.05, 3.63) is 29.8 Å². The highest BCUT2D eigenvalue weighted by Crippen LogP contribution is 2.29. The molecule has 0 spiro atoms. The van der Waals surface area contributed by atoms with Gasteiger partial charge in [-0.05, 0) is 43.4 Å². The highest BCUT2D eigenvalue weighted by atomic mass is 16.3. The second-order valence-electron chi connectivity index (χ2n) is 5.97. The number of anilines is 1. The number of hydrogen-bond acceptors (Lipinski definition) is 3. The average Bonchev–Trinajstić information content (AvgIpc) is 2.47. The standard InChI is InChI=1S/C16H22N2O2/c1-11(19)12-2-5-14(6-3-12)18-9-8-15-13(10-18)4-7-16(20)17-15/h2-3,5-6,11,13,15,19H,4,7-10H2,1H3,(H,17,20). The first kappa shape index (κ1) is 13.4. The largest absolute Gasteiger partial charge is 0.389 e. The van der Waals surface area contributed by atoms with Crippen molar-refractivity contribution in [2.24, 2.45) is 5.92 Å². The molecule has 4 nitrogen and oxygen atoms in total. The molecule has 1 amide bonds. The second kappa shape index (κ2) is 5.44. The molecule has 2 aliphatic heterocycles. The van der Waals surface area contributed by atoms with E-state index in [2.05, 4.69) is 22.3 Å². The Kier molecular flexibility index (Phi) is 3.66. The van der Waals surface area contributed by atoms with Gasteiger partial charge in [0.2, 0.25) is 5.91 Å². The lowest BCUT2D eigenvalue weighted by molar-refractivity contribution is -0.124. The lowest BCUT2D eigenvalue weighted by atomic mass is 9.85. The van der Waals surface area contributed by atoms with E-state index in [0.717, 1.165) is 31.5 Å². The third-order valence-corrected chi connectivity index (χ3v) is 4.56. The SMILES string of the molecule is CC(O)c1ccc(N2CCC3NC(=O)CCC3C2)cc1. The van der Waals surface area contributed by atoms with Crippen molar-refractivity contribution in [3.8, 4) is 0 Å². The van der Waals surface area contributed by atoms with Crippen molar-refractivity contribution in [1.82, 2.24) is 5.32 Å². The number of fused-ring (bicyclic) bond motifs is 1. The van der Waals surface area contributed by atoms with Crippen molar-refractivity contribution in [3.63, 3.8) is 0 Å². The van der Waals surface area contributed by atoms with Gasteiger partial charge in [0.25, 0.3) is 0 Å². The van der Waals surface area contributed by atoms with Crippen molar-refractivity contribution >= 4 is 11.6 Å². The smallest absolute Gasteiger partial charge is 0.220 e. The molecular formula is C16H22N2O2. The number of aliphatic hydroxyl groups excluding tert-OH is 1. The van der Waals surface area contributed by atoms with Crippen LogP contribution in [0.1, 0.15) is 37.9 Å². The highest BCUT2D eigenvalue weighted by molar-refractivity contribution is 5.77. The maximum atomic E-state index is 11.4. The number of nitrogens with zero attached hydrogens (tertiary/aromatic N) is 1. The molecular weight excluding hydrogens is 252 g/mol. The van der Waals surface area contributed by atoms with Crippen LogP contribution in [0, 0.1) is 5.92 Å². The topological polar surface area (TPSA) is 52.6 Å². The van der Waals surface area contributed by atoms with Gasteiger partial charge in [-0.25, -0.2) is 0 Å². The summed E-state index contributed by atoms with van der Waals surface area (Å²) in [5.41, 5.74) is 2.17. The summed E-state index contributed by atoms with van der Waals surface area (Å²) in [6.07, 6.45) is 2.27. The van der Waals surface area contributed by atoms with Gasteiger partial charge in [0.15, 0.2) is 0 Å². The van der Waals surface area contributed by atoms with E-state index < -0.39 is 6.10 Å². The molecule has 0 saturated carbocycles.